The van der Waals surface area contributed by atoms with Crippen LogP contribution in [0.4, 0.5) is 5.95 Å². The van der Waals surface area contributed by atoms with Gasteiger partial charge in [-0.15, -0.1) is 11.3 Å². The van der Waals surface area contributed by atoms with Gasteiger partial charge in [0.15, 0.2) is 0 Å². The largest absolute Gasteiger partial charge is 0.339 e. The SMILES string of the molecule is Cc1cc(C#N)nc(N(C)Cc2ccc(Cl)s2)n1. The molecule has 92 valence electrons. The summed E-state index contributed by atoms with van der Waals surface area (Å²) in [6.45, 7) is 2.52. The first-order valence-corrected chi connectivity index (χ1v) is 6.49. The fourth-order valence-corrected chi connectivity index (χ4v) is 2.66. The van der Waals surface area contributed by atoms with Crippen LogP contribution in [-0.2, 0) is 6.54 Å². The van der Waals surface area contributed by atoms with E-state index >= 15 is 0 Å². The first-order valence-electron chi connectivity index (χ1n) is 5.29. The van der Waals surface area contributed by atoms with E-state index in [1.54, 1.807) is 6.07 Å². The molecule has 2 aromatic rings. The first-order chi connectivity index (χ1) is 8.58. The maximum absolute atomic E-state index is 8.89. The lowest BCUT2D eigenvalue weighted by atomic mass is 10.3. The number of aryl methyl sites for hydroxylation is 1. The fourth-order valence-electron chi connectivity index (χ4n) is 1.52. The minimum absolute atomic E-state index is 0.383. The predicted octanol–water partition coefficient (Wildman–Crippen LogP) is 3.01. The number of nitriles is 1. The van der Waals surface area contributed by atoms with E-state index in [9.17, 15) is 0 Å². The highest BCUT2D eigenvalue weighted by Crippen LogP contribution is 2.23. The van der Waals surface area contributed by atoms with Gasteiger partial charge in [0, 0.05) is 17.6 Å². The molecule has 0 saturated heterocycles. The first kappa shape index (κ1) is 12.8. The summed E-state index contributed by atoms with van der Waals surface area (Å²) in [7, 11) is 1.89. The normalized spacial score (nSPS) is 10.1. The Hall–Kier alpha value is -1.64. The number of thiophene rings is 1. The molecule has 0 aliphatic carbocycles. The Morgan fingerprint density at radius 3 is 2.83 bits per heavy atom. The van der Waals surface area contributed by atoms with Crippen molar-refractivity contribution in [3.8, 4) is 6.07 Å². The smallest absolute Gasteiger partial charge is 0.226 e. The molecule has 0 spiro atoms. The summed E-state index contributed by atoms with van der Waals surface area (Å²) in [4.78, 5) is 11.5. The van der Waals surface area contributed by atoms with Crippen LogP contribution < -0.4 is 4.90 Å². The second kappa shape index (κ2) is 5.34. The standard InChI is InChI=1S/C12H11ClN4S/c1-8-5-9(6-14)16-12(15-8)17(2)7-10-3-4-11(13)18-10/h3-5H,7H2,1-2H3. The zero-order valence-electron chi connectivity index (χ0n) is 10.0. The predicted molar refractivity (Wildman–Crippen MR) is 72.9 cm³/mol. The minimum Gasteiger partial charge on any atom is -0.339 e. The van der Waals surface area contributed by atoms with Gasteiger partial charge in [-0.25, -0.2) is 9.97 Å². The number of rotatable bonds is 3. The Morgan fingerprint density at radius 2 is 2.22 bits per heavy atom. The van der Waals surface area contributed by atoms with Crippen LogP contribution in [0, 0.1) is 18.3 Å². The average Bonchev–Trinajstić information content (AvgIpc) is 2.73. The van der Waals surface area contributed by atoms with Gasteiger partial charge in [0.25, 0.3) is 0 Å². The summed E-state index contributed by atoms with van der Waals surface area (Å²) < 4.78 is 0.765. The lowest BCUT2D eigenvalue weighted by Gasteiger charge is -2.16. The number of halogens is 1. The van der Waals surface area contributed by atoms with E-state index in [1.165, 1.54) is 11.3 Å². The van der Waals surface area contributed by atoms with E-state index in [-0.39, 0.29) is 0 Å². The van der Waals surface area contributed by atoms with Crippen LogP contribution in [0.15, 0.2) is 18.2 Å². The molecule has 0 atom stereocenters. The monoisotopic (exact) mass is 278 g/mol. The maximum Gasteiger partial charge on any atom is 0.226 e. The van der Waals surface area contributed by atoms with E-state index in [0.717, 1.165) is 14.9 Å². The van der Waals surface area contributed by atoms with Crippen LogP contribution in [0.3, 0.4) is 0 Å². The molecule has 0 amide bonds. The molecule has 0 bridgehead atoms. The molecule has 18 heavy (non-hydrogen) atoms. The van der Waals surface area contributed by atoms with Crippen LogP contribution in [-0.4, -0.2) is 17.0 Å². The van der Waals surface area contributed by atoms with Crippen molar-refractivity contribution in [3.05, 3.63) is 38.8 Å². The highest BCUT2D eigenvalue weighted by atomic mass is 35.5. The van der Waals surface area contributed by atoms with Gasteiger partial charge < -0.3 is 4.90 Å². The molecule has 0 saturated carbocycles. The summed E-state index contributed by atoms with van der Waals surface area (Å²) in [6.07, 6.45) is 0. The highest BCUT2D eigenvalue weighted by Gasteiger charge is 2.09. The molecule has 0 aliphatic heterocycles. The van der Waals surface area contributed by atoms with Crippen molar-refractivity contribution >= 4 is 28.9 Å². The molecular formula is C12H11ClN4S. The molecule has 0 aliphatic rings. The van der Waals surface area contributed by atoms with Gasteiger partial charge in [-0.1, -0.05) is 11.6 Å². The maximum atomic E-state index is 8.89. The Bertz CT molecular complexity index is 602. The molecule has 6 heteroatoms. The second-order valence-corrected chi connectivity index (χ2v) is 5.67. The number of anilines is 1. The molecular weight excluding hydrogens is 268 g/mol. The van der Waals surface area contributed by atoms with Gasteiger partial charge in [0.1, 0.15) is 11.8 Å². The zero-order valence-corrected chi connectivity index (χ0v) is 11.6. The molecule has 0 unspecified atom stereocenters. The van der Waals surface area contributed by atoms with Gasteiger partial charge >= 0.3 is 0 Å². The summed E-state index contributed by atoms with van der Waals surface area (Å²) >= 11 is 7.42. The van der Waals surface area contributed by atoms with Crippen LogP contribution in [0.5, 0.6) is 0 Å². The van der Waals surface area contributed by atoms with E-state index in [4.69, 9.17) is 16.9 Å². The fraction of sp³-hybridized carbons (Fsp3) is 0.250. The van der Waals surface area contributed by atoms with Gasteiger partial charge in [-0.05, 0) is 25.1 Å². The lowest BCUT2D eigenvalue weighted by molar-refractivity contribution is 0.867. The van der Waals surface area contributed by atoms with Crippen molar-refractivity contribution in [2.24, 2.45) is 0 Å². The number of nitrogens with zero attached hydrogens (tertiary/aromatic N) is 4. The minimum atomic E-state index is 0.383. The summed E-state index contributed by atoms with van der Waals surface area (Å²) in [5, 5.41) is 8.89. The average molecular weight is 279 g/mol. The Balaban J connectivity index is 2.21. The van der Waals surface area contributed by atoms with Crippen molar-refractivity contribution in [3.63, 3.8) is 0 Å². The van der Waals surface area contributed by atoms with E-state index in [1.807, 2.05) is 37.1 Å². The molecule has 4 nitrogen and oxygen atoms in total. The summed E-state index contributed by atoms with van der Waals surface area (Å²) in [6, 6.07) is 7.55. The molecule has 0 radical (unpaired) electrons. The molecule has 2 heterocycles. The van der Waals surface area contributed by atoms with Crippen LogP contribution in [0.2, 0.25) is 4.34 Å². The van der Waals surface area contributed by atoms with Crippen molar-refractivity contribution < 1.29 is 0 Å². The van der Waals surface area contributed by atoms with Crippen LogP contribution in [0.1, 0.15) is 16.3 Å². The molecule has 2 rings (SSSR count). The van der Waals surface area contributed by atoms with E-state index in [2.05, 4.69) is 9.97 Å². The van der Waals surface area contributed by atoms with Gasteiger partial charge in [-0.2, -0.15) is 5.26 Å². The third kappa shape index (κ3) is 2.97. The molecule has 0 aromatic carbocycles. The highest BCUT2D eigenvalue weighted by molar-refractivity contribution is 7.16. The summed E-state index contributed by atoms with van der Waals surface area (Å²) in [5.74, 6) is 0.552. The van der Waals surface area contributed by atoms with Gasteiger partial charge in [0.05, 0.1) is 10.9 Å². The lowest BCUT2D eigenvalue weighted by Crippen LogP contribution is -2.19. The van der Waals surface area contributed by atoms with Crippen LogP contribution >= 0.6 is 22.9 Å². The number of hydrogen-bond acceptors (Lipinski definition) is 5. The van der Waals surface area contributed by atoms with Crippen molar-refractivity contribution in [1.82, 2.24) is 9.97 Å². The second-order valence-electron chi connectivity index (χ2n) is 3.87. The van der Waals surface area contributed by atoms with Crippen LogP contribution in [0.25, 0.3) is 0 Å². The number of aromatic nitrogens is 2. The van der Waals surface area contributed by atoms with E-state index in [0.29, 0.717) is 18.2 Å². The summed E-state index contributed by atoms with van der Waals surface area (Å²) in [5.41, 5.74) is 1.17. The van der Waals surface area contributed by atoms with E-state index < -0.39 is 0 Å². The quantitative estimate of drug-likeness (QED) is 0.866. The topological polar surface area (TPSA) is 52.8 Å². The Kier molecular flexibility index (Phi) is 3.80. The third-order valence-corrected chi connectivity index (χ3v) is 3.54. The zero-order chi connectivity index (χ0) is 13.1. The molecule has 0 fully saturated rings. The van der Waals surface area contributed by atoms with Gasteiger partial charge in [0.2, 0.25) is 5.95 Å². The van der Waals surface area contributed by atoms with Crippen molar-refractivity contribution in [2.45, 2.75) is 13.5 Å². The Labute approximate surface area is 114 Å². The third-order valence-electron chi connectivity index (χ3n) is 2.32. The molecule has 2 aromatic heterocycles. The van der Waals surface area contributed by atoms with Crippen molar-refractivity contribution in [1.29, 1.82) is 5.26 Å². The van der Waals surface area contributed by atoms with Gasteiger partial charge in [-0.3, -0.25) is 0 Å². The van der Waals surface area contributed by atoms with Crippen molar-refractivity contribution in [2.75, 3.05) is 11.9 Å². The molecule has 0 N–H and O–H groups in total. The Morgan fingerprint density at radius 1 is 1.44 bits per heavy atom. The number of hydrogen-bond donors (Lipinski definition) is 0.